The number of benzene rings is 1. The lowest BCUT2D eigenvalue weighted by Crippen LogP contribution is -2.19. The van der Waals surface area contributed by atoms with Crippen molar-refractivity contribution in [1.82, 2.24) is 5.32 Å². The lowest BCUT2D eigenvalue weighted by molar-refractivity contribution is 0.316. The van der Waals surface area contributed by atoms with Crippen molar-refractivity contribution in [2.75, 3.05) is 6.61 Å². The van der Waals surface area contributed by atoms with E-state index in [4.69, 9.17) is 4.74 Å². The molecule has 0 fully saturated rings. The van der Waals surface area contributed by atoms with Gasteiger partial charge in [-0.25, -0.2) is 0 Å². The Hall–Kier alpha value is -1.52. The van der Waals surface area contributed by atoms with Crippen LogP contribution in [0, 0.1) is 0 Å². The quantitative estimate of drug-likeness (QED) is 0.807. The van der Waals surface area contributed by atoms with Gasteiger partial charge in [0.15, 0.2) is 11.5 Å². The molecule has 0 aliphatic rings. The fourth-order valence-electron chi connectivity index (χ4n) is 2.15. The second kappa shape index (κ2) is 7.31. The number of hydrogen-bond acceptors (Lipinski definition) is 4. The van der Waals surface area contributed by atoms with Gasteiger partial charge in [0.25, 0.3) is 0 Å². The molecule has 1 aromatic carbocycles. The molecule has 108 valence electrons. The summed E-state index contributed by atoms with van der Waals surface area (Å²) in [5.74, 6) is 0.791. The van der Waals surface area contributed by atoms with E-state index in [0.29, 0.717) is 24.9 Å². The standard InChI is InChI=1S/C16H21NO2S/c1-3-13(15-9-6-10-20-15)17-11-12-7-5-8-14(16(12)18)19-4-2/h5-10,13,17-18H,3-4,11H2,1-2H3. The lowest BCUT2D eigenvalue weighted by atomic mass is 10.1. The molecule has 0 amide bonds. The largest absolute Gasteiger partial charge is 0.504 e. The van der Waals surface area contributed by atoms with Crippen molar-refractivity contribution in [3.8, 4) is 11.5 Å². The zero-order valence-electron chi connectivity index (χ0n) is 11.9. The van der Waals surface area contributed by atoms with Crippen LogP contribution in [0.2, 0.25) is 0 Å². The van der Waals surface area contributed by atoms with Gasteiger partial charge < -0.3 is 15.2 Å². The first kappa shape index (κ1) is 14.9. The highest BCUT2D eigenvalue weighted by atomic mass is 32.1. The number of hydrogen-bond donors (Lipinski definition) is 2. The van der Waals surface area contributed by atoms with Gasteiger partial charge in [-0.3, -0.25) is 0 Å². The maximum Gasteiger partial charge on any atom is 0.162 e. The maximum absolute atomic E-state index is 10.2. The van der Waals surface area contributed by atoms with E-state index in [2.05, 4.69) is 29.8 Å². The lowest BCUT2D eigenvalue weighted by Gasteiger charge is -2.17. The summed E-state index contributed by atoms with van der Waals surface area (Å²) in [6.07, 6.45) is 1.02. The molecule has 1 unspecified atom stereocenters. The molecule has 2 aromatic rings. The summed E-state index contributed by atoms with van der Waals surface area (Å²) in [5.41, 5.74) is 0.867. The Morgan fingerprint density at radius 2 is 2.10 bits per heavy atom. The van der Waals surface area contributed by atoms with Crippen molar-refractivity contribution in [3.63, 3.8) is 0 Å². The molecule has 0 saturated heterocycles. The molecular weight excluding hydrogens is 270 g/mol. The zero-order valence-corrected chi connectivity index (χ0v) is 12.7. The van der Waals surface area contributed by atoms with Crippen molar-refractivity contribution in [3.05, 3.63) is 46.2 Å². The van der Waals surface area contributed by atoms with Crippen molar-refractivity contribution < 1.29 is 9.84 Å². The van der Waals surface area contributed by atoms with Crippen molar-refractivity contribution in [2.45, 2.75) is 32.9 Å². The average molecular weight is 291 g/mol. The summed E-state index contributed by atoms with van der Waals surface area (Å²) in [5, 5.41) is 15.8. The monoisotopic (exact) mass is 291 g/mol. The fraction of sp³-hybridized carbons (Fsp3) is 0.375. The first-order valence-corrected chi connectivity index (χ1v) is 7.84. The summed E-state index contributed by atoms with van der Waals surface area (Å²) in [7, 11) is 0. The second-order valence-electron chi connectivity index (χ2n) is 4.55. The number of phenols is 1. The molecule has 0 spiro atoms. The third-order valence-electron chi connectivity index (χ3n) is 3.22. The molecule has 1 atom stereocenters. The molecule has 1 aromatic heterocycles. The summed E-state index contributed by atoms with van der Waals surface area (Å²) < 4.78 is 5.41. The Bertz CT molecular complexity index is 525. The smallest absolute Gasteiger partial charge is 0.162 e. The van der Waals surface area contributed by atoms with Crippen LogP contribution in [0.15, 0.2) is 35.7 Å². The highest BCUT2D eigenvalue weighted by Gasteiger charge is 2.12. The molecule has 2 N–H and O–H groups in total. The van der Waals surface area contributed by atoms with Gasteiger partial charge in [-0.05, 0) is 30.9 Å². The van der Waals surface area contributed by atoms with Gasteiger partial charge in [0, 0.05) is 23.0 Å². The van der Waals surface area contributed by atoms with Gasteiger partial charge in [0.2, 0.25) is 0 Å². The van der Waals surface area contributed by atoms with Gasteiger partial charge in [0.1, 0.15) is 0 Å². The zero-order chi connectivity index (χ0) is 14.4. The molecule has 0 aliphatic heterocycles. The number of thiophene rings is 1. The van der Waals surface area contributed by atoms with Crippen LogP contribution in [0.4, 0.5) is 0 Å². The minimum absolute atomic E-state index is 0.239. The number of nitrogens with one attached hydrogen (secondary N) is 1. The number of rotatable bonds is 7. The summed E-state index contributed by atoms with van der Waals surface area (Å²) >= 11 is 1.76. The Morgan fingerprint density at radius 1 is 1.25 bits per heavy atom. The van der Waals surface area contributed by atoms with Gasteiger partial charge in [-0.1, -0.05) is 25.1 Å². The topological polar surface area (TPSA) is 41.5 Å². The van der Waals surface area contributed by atoms with Crippen LogP contribution < -0.4 is 10.1 Å². The fourth-order valence-corrected chi connectivity index (χ4v) is 3.04. The number of aromatic hydroxyl groups is 1. The van der Waals surface area contributed by atoms with E-state index < -0.39 is 0 Å². The third kappa shape index (κ3) is 3.52. The van der Waals surface area contributed by atoms with Gasteiger partial charge in [-0.2, -0.15) is 0 Å². The highest BCUT2D eigenvalue weighted by Crippen LogP contribution is 2.30. The number of ether oxygens (including phenoxy) is 1. The van der Waals surface area contributed by atoms with E-state index in [1.54, 1.807) is 17.4 Å². The second-order valence-corrected chi connectivity index (χ2v) is 5.53. The van der Waals surface area contributed by atoms with E-state index in [-0.39, 0.29) is 5.75 Å². The molecule has 2 rings (SSSR count). The molecule has 4 heteroatoms. The maximum atomic E-state index is 10.2. The third-order valence-corrected chi connectivity index (χ3v) is 4.20. The molecule has 1 heterocycles. The highest BCUT2D eigenvalue weighted by molar-refractivity contribution is 7.10. The van der Waals surface area contributed by atoms with E-state index in [0.717, 1.165) is 12.0 Å². The number of para-hydroxylation sites is 1. The minimum atomic E-state index is 0.239. The predicted molar refractivity (Wildman–Crippen MR) is 83.5 cm³/mol. The molecule has 3 nitrogen and oxygen atoms in total. The van der Waals surface area contributed by atoms with Gasteiger partial charge >= 0.3 is 0 Å². The van der Waals surface area contributed by atoms with E-state index in [9.17, 15) is 5.11 Å². The molecule has 0 aliphatic carbocycles. The first-order chi connectivity index (χ1) is 9.76. The Morgan fingerprint density at radius 3 is 2.75 bits per heavy atom. The Labute approximate surface area is 124 Å². The van der Waals surface area contributed by atoms with E-state index in [1.807, 2.05) is 19.1 Å². The Balaban J connectivity index is 2.05. The summed E-state index contributed by atoms with van der Waals surface area (Å²) in [6, 6.07) is 10.2. The van der Waals surface area contributed by atoms with Gasteiger partial charge in [0.05, 0.1) is 6.61 Å². The van der Waals surface area contributed by atoms with Crippen molar-refractivity contribution in [1.29, 1.82) is 0 Å². The molecule has 0 bridgehead atoms. The number of phenolic OH excluding ortho intramolecular Hbond substituents is 1. The first-order valence-electron chi connectivity index (χ1n) is 6.96. The molecule has 0 radical (unpaired) electrons. The Kier molecular flexibility index (Phi) is 5.44. The van der Waals surface area contributed by atoms with Crippen molar-refractivity contribution >= 4 is 11.3 Å². The van der Waals surface area contributed by atoms with Crippen molar-refractivity contribution in [2.24, 2.45) is 0 Å². The molecule has 0 saturated carbocycles. The summed E-state index contributed by atoms with van der Waals surface area (Å²) in [6.45, 7) is 5.25. The van der Waals surface area contributed by atoms with Crippen LogP contribution in [0.5, 0.6) is 11.5 Å². The van der Waals surface area contributed by atoms with Gasteiger partial charge in [-0.15, -0.1) is 11.3 Å². The van der Waals surface area contributed by atoms with Crippen LogP contribution in [-0.4, -0.2) is 11.7 Å². The molecular formula is C16H21NO2S. The van der Waals surface area contributed by atoms with E-state index >= 15 is 0 Å². The summed E-state index contributed by atoms with van der Waals surface area (Å²) in [4.78, 5) is 1.33. The minimum Gasteiger partial charge on any atom is -0.504 e. The van der Waals surface area contributed by atoms with Crippen LogP contribution in [0.3, 0.4) is 0 Å². The predicted octanol–water partition coefficient (Wildman–Crippen LogP) is 4.09. The van der Waals surface area contributed by atoms with Crippen LogP contribution in [0.25, 0.3) is 0 Å². The molecule has 20 heavy (non-hydrogen) atoms. The average Bonchev–Trinajstić information content (AvgIpc) is 2.97. The van der Waals surface area contributed by atoms with Crippen LogP contribution >= 0.6 is 11.3 Å². The normalized spacial score (nSPS) is 12.3. The van der Waals surface area contributed by atoms with E-state index in [1.165, 1.54) is 4.88 Å². The van der Waals surface area contributed by atoms with Crippen LogP contribution in [0.1, 0.15) is 36.8 Å². The van der Waals surface area contributed by atoms with Crippen LogP contribution in [-0.2, 0) is 6.54 Å². The SMILES string of the molecule is CCOc1cccc(CNC(CC)c2cccs2)c1O.